The van der Waals surface area contributed by atoms with E-state index in [1.807, 2.05) is 12.1 Å². The molecule has 0 bridgehead atoms. The molecule has 17 heavy (non-hydrogen) atoms. The Morgan fingerprint density at radius 3 is 2.41 bits per heavy atom. The summed E-state index contributed by atoms with van der Waals surface area (Å²) in [4.78, 5) is 4.34. The molecule has 2 rings (SSSR count). The second kappa shape index (κ2) is 4.98. The highest BCUT2D eigenvalue weighted by molar-refractivity contribution is 9.10. The van der Waals surface area contributed by atoms with Crippen LogP contribution in [-0.2, 0) is 0 Å². The van der Waals surface area contributed by atoms with Crippen LogP contribution in [0.2, 0.25) is 0 Å². The number of aromatic nitrogens is 1. The summed E-state index contributed by atoms with van der Waals surface area (Å²) in [5.41, 5.74) is 10.7. The van der Waals surface area contributed by atoms with Gasteiger partial charge < -0.3 is 5.73 Å². The summed E-state index contributed by atoms with van der Waals surface area (Å²) in [5.74, 6) is 0. The van der Waals surface area contributed by atoms with Crippen LogP contribution in [0.5, 0.6) is 0 Å². The van der Waals surface area contributed by atoms with Crippen molar-refractivity contribution in [3.8, 4) is 0 Å². The SMILES string of the molecule is Cc1cc(C)cc(C(N)c2ncccc2Br)c1. The number of halogens is 1. The monoisotopic (exact) mass is 290 g/mol. The Hall–Kier alpha value is -1.19. The number of aryl methyl sites for hydroxylation is 2. The molecule has 88 valence electrons. The van der Waals surface area contributed by atoms with E-state index in [-0.39, 0.29) is 6.04 Å². The van der Waals surface area contributed by atoms with E-state index in [1.54, 1.807) is 6.20 Å². The highest BCUT2D eigenvalue weighted by atomic mass is 79.9. The van der Waals surface area contributed by atoms with E-state index in [4.69, 9.17) is 5.73 Å². The summed E-state index contributed by atoms with van der Waals surface area (Å²) in [6, 6.07) is 10.0. The molecule has 0 fully saturated rings. The van der Waals surface area contributed by atoms with Gasteiger partial charge in [0.2, 0.25) is 0 Å². The number of nitrogens with zero attached hydrogens (tertiary/aromatic N) is 1. The van der Waals surface area contributed by atoms with Crippen LogP contribution in [0.15, 0.2) is 41.0 Å². The van der Waals surface area contributed by atoms with Gasteiger partial charge in [-0.2, -0.15) is 0 Å². The third-order valence-electron chi connectivity index (χ3n) is 2.68. The molecule has 0 saturated carbocycles. The van der Waals surface area contributed by atoms with Crippen molar-refractivity contribution in [3.63, 3.8) is 0 Å². The van der Waals surface area contributed by atoms with Crippen LogP contribution < -0.4 is 5.73 Å². The van der Waals surface area contributed by atoms with E-state index in [0.29, 0.717) is 0 Å². The van der Waals surface area contributed by atoms with Crippen LogP contribution in [0.25, 0.3) is 0 Å². The zero-order valence-electron chi connectivity index (χ0n) is 9.94. The van der Waals surface area contributed by atoms with Crippen LogP contribution in [0.3, 0.4) is 0 Å². The number of pyridine rings is 1. The summed E-state index contributed by atoms with van der Waals surface area (Å²) < 4.78 is 0.951. The Bertz CT molecular complexity index is 517. The van der Waals surface area contributed by atoms with Gasteiger partial charge >= 0.3 is 0 Å². The first-order chi connectivity index (χ1) is 8.08. The fraction of sp³-hybridized carbons (Fsp3) is 0.214. The Labute approximate surface area is 110 Å². The Morgan fingerprint density at radius 1 is 1.18 bits per heavy atom. The van der Waals surface area contributed by atoms with Gasteiger partial charge in [0.15, 0.2) is 0 Å². The van der Waals surface area contributed by atoms with Gasteiger partial charge in [0, 0.05) is 10.7 Å². The largest absolute Gasteiger partial charge is 0.319 e. The van der Waals surface area contributed by atoms with Gasteiger partial charge in [0.25, 0.3) is 0 Å². The lowest BCUT2D eigenvalue weighted by atomic mass is 9.99. The average Bonchev–Trinajstić information content (AvgIpc) is 2.27. The van der Waals surface area contributed by atoms with E-state index in [1.165, 1.54) is 11.1 Å². The lowest BCUT2D eigenvalue weighted by molar-refractivity contribution is 0.819. The van der Waals surface area contributed by atoms with Crippen LogP contribution >= 0.6 is 15.9 Å². The molecule has 1 atom stereocenters. The zero-order valence-corrected chi connectivity index (χ0v) is 11.5. The van der Waals surface area contributed by atoms with Gasteiger partial charge in [-0.15, -0.1) is 0 Å². The molecule has 0 aliphatic carbocycles. The maximum atomic E-state index is 6.26. The molecule has 0 amide bonds. The molecule has 1 heterocycles. The van der Waals surface area contributed by atoms with Gasteiger partial charge in [-0.3, -0.25) is 4.98 Å². The van der Waals surface area contributed by atoms with E-state index in [9.17, 15) is 0 Å². The molecule has 0 saturated heterocycles. The Balaban J connectivity index is 2.43. The number of rotatable bonds is 2. The summed E-state index contributed by atoms with van der Waals surface area (Å²) in [7, 11) is 0. The number of benzene rings is 1. The average molecular weight is 291 g/mol. The third kappa shape index (κ3) is 2.73. The molecule has 2 N–H and O–H groups in total. The molecule has 2 aromatic rings. The first-order valence-electron chi connectivity index (χ1n) is 5.52. The van der Waals surface area contributed by atoms with Crippen molar-refractivity contribution in [2.45, 2.75) is 19.9 Å². The maximum Gasteiger partial charge on any atom is 0.0758 e. The van der Waals surface area contributed by atoms with Gasteiger partial charge in [-0.05, 0) is 47.5 Å². The van der Waals surface area contributed by atoms with Crippen molar-refractivity contribution < 1.29 is 0 Å². The van der Waals surface area contributed by atoms with E-state index in [2.05, 4.69) is 53.0 Å². The molecular formula is C14H15BrN2. The summed E-state index contributed by atoms with van der Waals surface area (Å²) in [5, 5.41) is 0. The zero-order chi connectivity index (χ0) is 12.4. The van der Waals surface area contributed by atoms with E-state index in [0.717, 1.165) is 15.7 Å². The molecule has 2 nitrogen and oxygen atoms in total. The highest BCUT2D eigenvalue weighted by Gasteiger charge is 2.13. The molecule has 0 aliphatic rings. The second-order valence-corrected chi connectivity index (χ2v) is 5.12. The Kier molecular flexibility index (Phi) is 3.60. The van der Waals surface area contributed by atoms with Crippen molar-refractivity contribution in [1.29, 1.82) is 0 Å². The van der Waals surface area contributed by atoms with Crippen LogP contribution in [0.4, 0.5) is 0 Å². The lowest BCUT2D eigenvalue weighted by Gasteiger charge is -2.14. The highest BCUT2D eigenvalue weighted by Crippen LogP contribution is 2.25. The fourth-order valence-electron chi connectivity index (χ4n) is 1.97. The fourth-order valence-corrected chi connectivity index (χ4v) is 2.48. The first-order valence-corrected chi connectivity index (χ1v) is 6.31. The molecule has 0 spiro atoms. The molecule has 0 aliphatic heterocycles. The van der Waals surface area contributed by atoms with Crippen LogP contribution in [-0.4, -0.2) is 4.98 Å². The van der Waals surface area contributed by atoms with Crippen molar-refractivity contribution in [1.82, 2.24) is 4.98 Å². The molecule has 0 radical (unpaired) electrons. The second-order valence-electron chi connectivity index (χ2n) is 4.27. The maximum absolute atomic E-state index is 6.26. The van der Waals surface area contributed by atoms with Crippen molar-refractivity contribution in [2.75, 3.05) is 0 Å². The summed E-state index contributed by atoms with van der Waals surface area (Å²) in [6.45, 7) is 4.16. The van der Waals surface area contributed by atoms with Gasteiger partial charge in [-0.25, -0.2) is 0 Å². The van der Waals surface area contributed by atoms with E-state index >= 15 is 0 Å². The van der Waals surface area contributed by atoms with Crippen LogP contribution in [0.1, 0.15) is 28.4 Å². The lowest BCUT2D eigenvalue weighted by Crippen LogP contribution is -2.14. The standard InChI is InChI=1S/C14H15BrN2/c1-9-6-10(2)8-11(7-9)13(16)14-12(15)4-3-5-17-14/h3-8,13H,16H2,1-2H3. The van der Waals surface area contributed by atoms with Gasteiger partial charge in [0.05, 0.1) is 11.7 Å². The van der Waals surface area contributed by atoms with Crippen molar-refractivity contribution in [3.05, 3.63) is 63.4 Å². The topological polar surface area (TPSA) is 38.9 Å². The molecule has 1 aromatic heterocycles. The van der Waals surface area contributed by atoms with E-state index < -0.39 is 0 Å². The minimum atomic E-state index is -0.191. The van der Waals surface area contributed by atoms with Gasteiger partial charge in [0.1, 0.15) is 0 Å². The van der Waals surface area contributed by atoms with Crippen molar-refractivity contribution in [2.24, 2.45) is 5.73 Å². The molecular weight excluding hydrogens is 276 g/mol. The number of hydrogen-bond donors (Lipinski definition) is 1. The quantitative estimate of drug-likeness (QED) is 0.919. The Morgan fingerprint density at radius 2 is 1.82 bits per heavy atom. The summed E-state index contributed by atoms with van der Waals surface area (Å²) >= 11 is 3.49. The number of nitrogens with two attached hydrogens (primary N) is 1. The molecule has 1 unspecified atom stereocenters. The minimum absolute atomic E-state index is 0.191. The minimum Gasteiger partial charge on any atom is -0.319 e. The smallest absolute Gasteiger partial charge is 0.0758 e. The predicted octanol–water partition coefficient (Wildman–Crippen LogP) is 3.51. The molecule has 3 heteroatoms. The number of hydrogen-bond acceptors (Lipinski definition) is 2. The van der Waals surface area contributed by atoms with Crippen molar-refractivity contribution >= 4 is 15.9 Å². The summed E-state index contributed by atoms with van der Waals surface area (Å²) in [6.07, 6.45) is 1.77. The van der Waals surface area contributed by atoms with Crippen LogP contribution in [0, 0.1) is 13.8 Å². The third-order valence-corrected chi connectivity index (χ3v) is 3.36. The first kappa shape index (κ1) is 12.3. The molecule has 1 aromatic carbocycles. The van der Waals surface area contributed by atoms with Gasteiger partial charge in [-0.1, -0.05) is 29.3 Å². The normalized spacial score (nSPS) is 12.5. The predicted molar refractivity (Wildman–Crippen MR) is 73.9 cm³/mol.